The van der Waals surface area contributed by atoms with Crippen LogP contribution in [0.4, 0.5) is 17.1 Å². The maximum Gasteiger partial charge on any atom is 0.143 e. The zero-order chi connectivity index (χ0) is 28.3. The van der Waals surface area contributed by atoms with Crippen molar-refractivity contribution in [1.29, 1.82) is 0 Å². The van der Waals surface area contributed by atoms with Gasteiger partial charge in [-0.3, -0.25) is 0 Å². The Labute approximate surface area is 252 Å². The molecular formula is C40H25NOS. The summed E-state index contributed by atoms with van der Waals surface area (Å²) < 4.78 is 9.21. The van der Waals surface area contributed by atoms with Crippen molar-refractivity contribution in [3.8, 4) is 11.1 Å². The minimum absolute atomic E-state index is 0.883. The zero-order valence-electron chi connectivity index (χ0n) is 23.2. The molecule has 9 aromatic rings. The molecule has 0 saturated heterocycles. The van der Waals surface area contributed by atoms with Crippen LogP contribution in [-0.2, 0) is 0 Å². The number of fused-ring (bicyclic) bond motifs is 8. The number of hydrogen-bond acceptors (Lipinski definition) is 3. The Morgan fingerprint density at radius 3 is 2.14 bits per heavy atom. The molecule has 0 N–H and O–H groups in total. The van der Waals surface area contributed by atoms with Crippen LogP contribution < -0.4 is 4.90 Å². The quantitative estimate of drug-likeness (QED) is 0.210. The van der Waals surface area contributed by atoms with Crippen molar-refractivity contribution < 1.29 is 4.42 Å². The van der Waals surface area contributed by atoms with E-state index >= 15 is 0 Å². The Morgan fingerprint density at radius 2 is 1.21 bits per heavy atom. The van der Waals surface area contributed by atoms with E-state index < -0.39 is 0 Å². The predicted molar refractivity (Wildman–Crippen MR) is 184 cm³/mol. The monoisotopic (exact) mass is 567 g/mol. The first-order chi connectivity index (χ1) is 21.3. The third-order valence-electron chi connectivity index (χ3n) is 8.46. The second kappa shape index (κ2) is 9.59. The lowest BCUT2D eigenvalue weighted by Crippen LogP contribution is -2.11. The molecule has 9 rings (SSSR count). The molecule has 0 spiro atoms. The molecule has 0 radical (unpaired) electrons. The molecule has 0 unspecified atom stereocenters. The number of hydrogen-bond donors (Lipinski definition) is 0. The highest BCUT2D eigenvalue weighted by atomic mass is 32.1. The summed E-state index contributed by atoms with van der Waals surface area (Å²) in [5.74, 6) is 0. The molecule has 2 nitrogen and oxygen atoms in total. The Morgan fingerprint density at radius 1 is 0.488 bits per heavy atom. The lowest BCUT2D eigenvalue weighted by Gasteiger charge is -2.28. The van der Waals surface area contributed by atoms with Gasteiger partial charge in [-0.1, -0.05) is 103 Å². The molecule has 0 amide bonds. The van der Waals surface area contributed by atoms with Gasteiger partial charge in [0, 0.05) is 42.2 Å². The van der Waals surface area contributed by atoms with Gasteiger partial charge in [0.05, 0.1) is 16.8 Å². The van der Waals surface area contributed by atoms with E-state index in [4.69, 9.17) is 4.42 Å². The van der Waals surface area contributed by atoms with Gasteiger partial charge in [0.2, 0.25) is 0 Å². The highest BCUT2D eigenvalue weighted by Crippen LogP contribution is 2.47. The first-order valence-electron chi connectivity index (χ1n) is 14.5. The molecule has 7 aromatic carbocycles. The second-order valence-corrected chi connectivity index (χ2v) is 12.0. The number of furan rings is 1. The Bertz CT molecular complexity index is 2470. The van der Waals surface area contributed by atoms with Gasteiger partial charge in [0.25, 0.3) is 0 Å². The molecule has 2 heterocycles. The van der Waals surface area contributed by atoms with Gasteiger partial charge in [-0.05, 0) is 59.5 Å². The van der Waals surface area contributed by atoms with E-state index in [9.17, 15) is 0 Å². The highest BCUT2D eigenvalue weighted by Gasteiger charge is 2.22. The SMILES string of the molecule is c1ccc(N(c2ccccc2-c2ccc3c(c2)sc2ccccc23)c2cccc3oc4c5ccccc5ccc4c23)cc1. The molecule has 0 aliphatic heterocycles. The number of nitrogens with zero attached hydrogens (tertiary/aromatic N) is 1. The third-order valence-corrected chi connectivity index (χ3v) is 9.59. The summed E-state index contributed by atoms with van der Waals surface area (Å²) in [5.41, 5.74) is 7.50. The first-order valence-corrected chi connectivity index (χ1v) is 15.3. The van der Waals surface area contributed by atoms with Crippen LogP contribution in [-0.4, -0.2) is 0 Å². The largest absolute Gasteiger partial charge is 0.455 e. The van der Waals surface area contributed by atoms with E-state index in [0.717, 1.165) is 44.4 Å². The van der Waals surface area contributed by atoms with E-state index in [-0.39, 0.29) is 0 Å². The van der Waals surface area contributed by atoms with Gasteiger partial charge >= 0.3 is 0 Å². The molecule has 0 aliphatic rings. The molecule has 0 bridgehead atoms. The van der Waals surface area contributed by atoms with Gasteiger partial charge in [-0.2, -0.15) is 0 Å². The van der Waals surface area contributed by atoms with E-state index in [1.807, 2.05) is 11.3 Å². The van der Waals surface area contributed by atoms with Gasteiger partial charge in [0.1, 0.15) is 11.2 Å². The second-order valence-electron chi connectivity index (χ2n) is 10.9. The van der Waals surface area contributed by atoms with Crippen molar-refractivity contribution in [3.63, 3.8) is 0 Å². The van der Waals surface area contributed by atoms with Gasteiger partial charge in [0.15, 0.2) is 0 Å². The average molecular weight is 568 g/mol. The topological polar surface area (TPSA) is 16.4 Å². The van der Waals surface area contributed by atoms with Crippen LogP contribution in [0, 0.1) is 0 Å². The van der Waals surface area contributed by atoms with E-state index in [1.54, 1.807) is 0 Å². The Hall–Kier alpha value is -5.38. The summed E-state index contributed by atoms with van der Waals surface area (Å²) in [4.78, 5) is 2.39. The van der Waals surface area contributed by atoms with Crippen molar-refractivity contribution in [3.05, 3.63) is 152 Å². The lowest BCUT2D eigenvalue weighted by molar-refractivity contribution is 0.672. The molecule has 0 aliphatic carbocycles. The van der Waals surface area contributed by atoms with Crippen LogP contribution in [0.15, 0.2) is 156 Å². The van der Waals surface area contributed by atoms with Crippen LogP contribution >= 0.6 is 11.3 Å². The standard InChI is InChI=1S/C40H25NOS/c1-2-12-28(13-3-1)41(35-18-10-19-36-39(35)33-24-21-26-11-4-5-15-30(26)40(33)42-36)34-17-8-6-14-29(34)27-22-23-32-31-16-7-9-20-37(31)43-38(32)25-27/h1-25H. The van der Waals surface area contributed by atoms with Crippen molar-refractivity contribution in [1.82, 2.24) is 0 Å². The zero-order valence-corrected chi connectivity index (χ0v) is 24.0. The maximum atomic E-state index is 6.59. The average Bonchev–Trinajstić information content (AvgIpc) is 3.64. The van der Waals surface area contributed by atoms with E-state index in [1.165, 1.54) is 36.7 Å². The van der Waals surface area contributed by atoms with Crippen LogP contribution in [0.1, 0.15) is 0 Å². The van der Waals surface area contributed by atoms with Crippen molar-refractivity contribution in [2.45, 2.75) is 0 Å². The summed E-state index contributed by atoms with van der Waals surface area (Å²) in [5, 5.41) is 7.17. The van der Waals surface area contributed by atoms with Crippen molar-refractivity contribution >= 4 is 81.3 Å². The summed E-state index contributed by atoms with van der Waals surface area (Å²) >= 11 is 1.86. The number of rotatable bonds is 4. The van der Waals surface area contributed by atoms with Crippen LogP contribution in [0.2, 0.25) is 0 Å². The summed E-state index contributed by atoms with van der Waals surface area (Å²) in [7, 11) is 0. The van der Waals surface area contributed by atoms with Crippen LogP contribution in [0.25, 0.3) is 64.0 Å². The molecule has 3 heteroatoms. The fourth-order valence-corrected chi connectivity index (χ4v) is 7.66. The Balaban J connectivity index is 1.31. The molecule has 2 aromatic heterocycles. The predicted octanol–water partition coefficient (Wildman–Crippen LogP) is 12.2. The number of anilines is 3. The van der Waals surface area contributed by atoms with Crippen molar-refractivity contribution in [2.75, 3.05) is 4.90 Å². The normalized spacial score (nSPS) is 11.7. The minimum Gasteiger partial charge on any atom is -0.455 e. The molecule has 0 saturated carbocycles. The molecule has 0 fully saturated rings. The first kappa shape index (κ1) is 24.2. The smallest absolute Gasteiger partial charge is 0.143 e. The molecule has 43 heavy (non-hydrogen) atoms. The minimum atomic E-state index is 0.883. The fraction of sp³-hybridized carbons (Fsp3) is 0. The van der Waals surface area contributed by atoms with Gasteiger partial charge in [-0.25, -0.2) is 0 Å². The van der Waals surface area contributed by atoms with Gasteiger partial charge in [-0.15, -0.1) is 11.3 Å². The lowest BCUT2D eigenvalue weighted by atomic mass is 9.99. The molecule has 202 valence electrons. The van der Waals surface area contributed by atoms with Crippen molar-refractivity contribution in [2.24, 2.45) is 0 Å². The molecular weight excluding hydrogens is 543 g/mol. The summed E-state index contributed by atoms with van der Waals surface area (Å²) in [6.45, 7) is 0. The maximum absolute atomic E-state index is 6.59. The van der Waals surface area contributed by atoms with Crippen LogP contribution in [0.3, 0.4) is 0 Å². The third kappa shape index (κ3) is 3.79. The number of para-hydroxylation sites is 2. The van der Waals surface area contributed by atoms with Crippen LogP contribution in [0.5, 0.6) is 0 Å². The highest BCUT2D eigenvalue weighted by molar-refractivity contribution is 7.25. The Kier molecular flexibility index (Phi) is 5.40. The number of thiophene rings is 1. The summed E-state index contributed by atoms with van der Waals surface area (Å²) in [6, 6.07) is 54.2. The molecule has 0 atom stereocenters. The van der Waals surface area contributed by atoms with E-state index in [0.29, 0.717) is 0 Å². The number of benzene rings is 7. The fourth-order valence-electron chi connectivity index (χ4n) is 6.51. The van der Waals surface area contributed by atoms with Gasteiger partial charge < -0.3 is 9.32 Å². The van der Waals surface area contributed by atoms with E-state index in [2.05, 4.69) is 157 Å². The summed E-state index contributed by atoms with van der Waals surface area (Å²) in [6.07, 6.45) is 0.